The summed E-state index contributed by atoms with van der Waals surface area (Å²) in [6, 6.07) is 17.7. The molecule has 0 atom stereocenters. The Kier molecular flexibility index (Phi) is 2.54. The molecule has 0 saturated carbocycles. The van der Waals surface area contributed by atoms with Crippen molar-refractivity contribution in [1.82, 2.24) is 0 Å². The zero-order valence-electron chi connectivity index (χ0n) is 9.71. The molecule has 1 aliphatic heterocycles. The molecule has 3 nitrogen and oxygen atoms in total. The van der Waals surface area contributed by atoms with Gasteiger partial charge in [0.1, 0.15) is 6.07 Å². The van der Waals surface area contributed by atoms with E-state index in [1.807, 2.05) is 53.3 Å². The summed E-state index contributed by atoms with van der Waals surface area (Å²) in [4.78, 5) is 0. The molecule has 0 bridgehead atoms. The van der Waals surface area contributed by atoms with Crippen LogP contribution in [0.15, 0.2) is 48.5 Å². The van der Waals surface area contributed by atoms with Crippen LogP contribution in [0.25, 0.3) is 0 Å². The van der Waals surface area contributed by atoms with Crippen molar-refractivity contribution in [2.75, 3.05) is 6.73 Å². The molecule has 0 radical (unpaired) electrons. The van der Waals surface area contributed by atoms with Gasteiger partial charge in [0.2, 0.25) is 5.69 Å². The molecule has 86 valence electrons. The molecule has 0 fully saturated rings. The zero-order chi connectivity index (χ0) is 12.4. The van der Waals surface area contributed by atoms with Crippen molar-refractivity contribution in [3.63, 3.8) is 0 Å². The molecular weight excluding hydrogens is 224 g/mol. The van der Waals surface area contributed by atoms with Crippen molar-refractivity contribution in [2.24, 2.45) is 0 Å². The smallest absolute Gasteiger partial charge is 0.292 e. The number of benzene rings is 2. The molecule has 0 aromatic heterocycles. The van der Waals surface area contributed by atoms with Crippen LogP contribution in [0.5, 0.6) is 5.75 Å². The highest BCUT2D eigenvalue weighted by atomic mass is 16.5. The van der Waals surface area contributed by atoms with Gasteiger partial charge in [-0.25, -0.2) is 0 Å². The lowest BCUT2D eigenvalue weighted by molar-refractivity contribution is -0.476. The Morgan fingerprint density at radius 3 is 2.67 bits per heavy atom. The first-order chi connectivity index (χ1) is 8.88. The highest BCUT2D eigenvalue weighted by molar-refractivity contribution is 5.83. The molecule has 2 aromatic carbocycles. The summed E-state index contributed by atoms with van der Waals surface area (Å²) in [5, 5.41) is 9.02. The second kappa shape index (κ2) is 4.34. The van der Waals surface area contributed by atoms with E-state index < -0.39 is 0 Å². The predicted octanol–water partition coefficient (Wildman–Crippen LogP) is 2.67. The third-order valence-electron chi connectivity index (χ3n) is 2.90. The fraction of sp³-hybridized carbons (Fsp3) is 0.0667. The van der Waals surface area contributed by atoms with Crippen molar-refractivity contribution in [2.45, 2.75) is 0 Å². The van der Waals surface area contributed by atoms with Crippen LogP contribution in [-0.2, 0) is 0 Å². The monoisotopic (exact) mass is 235 g/mol. The topological polar surface area (TPSA) is 36.0 Å². The maximum absolute atomic E-state index is 9.02. The van der Waals surface area contributed by atoms with Gasteiger partial charge >= 0.3 is 0 Å². The van der Waals surface area contributed by atoms with E-state index in [-0.39, 0.29) is 0 Å². The van der Waals surface area contributed by atoms with E-state index in [4.69, 9.17) is 10.00 Å². The molecule has 0 unspecified atom stereocenters. The van der Waals surface area contributed by atoms with E-state index >= 15 is 0 Å². The van der Waals surface area contributed by atoms with Crippen molar-refractivity contribution in [3.8, 4) is 11.8 Å². The number of nitrogens with zero attached hydrogens (tertiary/aromatic N) is 2. The largest absolute Gasteiger partial charge is 0.434 e. The summed E-state index contributed by atoms with van der Waals surface area (Å²) in [7, 11) is 0. The van der Waals surface area contributed by atoms with Gasteiger partial charge < -0.3 is 4.74 Å². The van der Waals surface area contributed by atoms with Crippen LogP contribution in [0.2, 0.25) is 0 Å². The van der Waals surface area contributed by atoms with Crippen molar-refractivity contribution in [1.29, 1.82) is 5.26 Å². The lowest BCUT2D eigenvalue weighted by Gasteiger charge is -2.14. The highest BCUT2D eigenvalue weighted by Gasteiger charge is 2.20. The van der Waals surface area contributed by atoms with Gasteiger partial charge in [0, 0.05) is 12.1 Å². The Hall–Kier alpha value is -2.60. The molecule has 18 heavy (non-hydrogen) atoms. The van der Waals surface area contributed by atoms with Gasteiger partial charge in [-0.3, -0.25) is 0 Å². The quantitative estimate of drug-likeness (QED) is 0.712. The summed E-state index contributed by atoms with van der Waals surface area (Å²) in [5.41, 5.74) is 2.59. The lowest BCUT2D eigenvalue weighted by Crippen LogP contribution is -2.21. The van der Waals surface area contributed by atoms with Crippen LogP contribution in [0.3, 0.4) is 0 Å². The van der Waals surface area contributed by atoms with Gasteiger partial charge in [-0.1, -0.05) is 24.3 Å². The number of hydrogen-bond donors (Lipinski definition) is 0. The third-order valence-corrected chi connectivity index (χ3v) is 2.90. The van der Waals surface area contributed by atoms with Crippen molar-refractivity contribution < 1.29 is 9.31 Å². The molecule has 0 saturated heterocycles. The Morgan fingerprint density at radius 2 is 1.89 bits per heavy atom. The summed E-state index contributed by atoms with van der Waals surface area (Å²) >= 11 is 0. The van der Waals surface area contributed by atoms with Crippen LogP contribution < -0.4 is 4.74 Å². The van der Waals surface area contributed by atoms with Gasteiger partial charge in [-0.15, -0.1) is 0 Å². The molecule has 0 spiro atoms. The average molecular weight is 235 g/mol. The molecule has 2 aromatic rings. The van der Waals surface area contributed by atoms with E-state index in [9.17, 15) is 0 Å². The van der Waals surface area contributed by atoms with E-state index in [2.05, 4.69) is 6.07 Å². The minimum absolute atomic E-state index is 0.426. The van der Waals surface area contributed by atoms with Gasteiger partial charge in [0.05, 0.1) is 11.1 Å². The predicted molar refractivity (Wildman–Crippen MR) is 68.2 cm³/mol. The normalized spacial score (nSPS) is 12.9. The number of ether oxygens (including phenoxy) is 1. The summed E-state index contributed by atoms with van der Waals surface area (Å²) in [5.74, 6) is 0.673. The van der Waals surface area contributed by atoms with E-state index in [1.54, 1.807) is 6.07 Å². The second-order valence-electron chi connectivity index (χ2n) is 4.04. The number of rotatable bonds is 1. The minimum atomic E-state index is 0.426. The first-order valence-corrected chi connectivity index (χ1v) is 5.71. The third kappa shape index (κ3) is 1.74. The minimum Gasteiger partial charge on any atom is -0.434 e. The number of hydrogen-bond acceptors (Lipinski definition) is 2. The Morgan fingerprint density at radius 1 is 1.06 bits per heavy atom. The lowest BCUT2D eigenvalue weighted by atomic mass is 10.1. The number of fused-ring (bicyclic) bond motifs is 1. The zero-order valence-corrected chi connectivity index (χ0v) is 9.71. The summed E-state index contributed by atoms with van der Waals surface area (Å²) in [6.45, 7) is 0.426. The molecule has 0 aliphatic carbocycles. The SMILES string of the molecule is N#Cc1cccc2c1OC[N+](c1ccccc1)=C2. The Bertz CT molecular complexity index is 654. The first-order valence-electron chi connectivity index (χ1n) is 5.71. The van der Waals surface area contributed by atoms with Crippen molar-refractivity contribution >= 4 is 11.9 Å². The Balaban J connectivity index is 2.08. The number of para-hydroxylation sites is 2. The van der Waals surface area contributed by atoms with Crippen LogP contribution >= 0.6 is 0 Å². The van der Waals surface area contributed by atoms with Crippen LogP contribution in [-0.4, -0.2) is 17.5 Å². The molecule has 1 heterocycles. The maximum atomic E-state index is 9.02. The van der Waals surface area contributed by atoms with E-state index in [0.717, 1.165) is 11.3 Å². The Labute approximate surface area is 105 Å². The standard InChI is InChI=1S/C15H11N2O/c16-9-12-5-4-6-13-10-17(11-18-15(12)13)14-7-2-1-3-8-14/h1-8,10H,11H2/q+1. The summed E-state index contributed by atoms with van der Waals surface area (Å²) < 4.78 is 7.70. The van der Waals surface area contributed by atoms with E-state index in [1.165, 1.54) is 0 Å². The second-order valence-corrected chi connectivity index (χ2v) is 4.04. The van der Waals surface area contributed by atoms with Crippen LogP contribution in [0.4, 0.5) is 5.69 Å². The number of nitriles is 1. The maximum Gasteiger partial charge on any atom is 0.292 e. The van der Waals surface area contributed by atoms with Crippen LogP contribution in [0, 0.1) is 11.3 Å². The summed E-state index contributed by atoms with van der Waals surface area (Å²) in [6.07, 6.45) is 2.01. The molecule has 3 heteroatoms. The average Bonchev–Trinajstić information content (AvgIpc) is 2.47. The van der Waals surface area contributed by atoms with Gasteiger partial charge in [-0.2, -0.15) is 9.84 Å². The molecule has 0 N–H and O–H groups in total. The fourth-order valence-electron chi connectivity index (χ4n) is 2.01. The molecule has 3 rings (SSSR count). The molecular formula is C15H11N2O+. The van der Waals surface area contributed by atoms with E-state index in [0.29, 0.717) is 18.0 Å². The van der Waals surface area contributed by atoms with Gasteiger partial charge in [-0.05, 0) is 12.1 Å². The van der Waals surface area contributed by atoms with Gasteiger partial charge in [0.15, 0.2) is 12.0 Å². The van der Waals surface area contributed by atoms with Gasteiger partial charge in [0.25, 0.3) is 6.73 Å². The fourth-order valence-corrected chi connectivity index (χ4v) is 2.01. The van der Waals surface area contributed by atoms with Crippen LogP contribution in [0.1, 0.15) is 11.1 Å². The highest BCUT2D eigenvalue weighted by Crippen LogP contribution is 2.26. The van der Waals surface area contributed by atoms with Crippen molar-refractivity contribution in [3.05, 3.63) is 59.7 Å². The molecule has 1 aliphatic rings. The first kappa shape index (κ1) is 10.5. The molecule has 0 amide bonds.